The second-order valence-electron chi connectivity index (χ2n) is 6.26. The van der Waals surface area contributed by atoms with Crippen molar-refractivity contribution in [1.82, 2.24) is 10.2 Å². The Morgan fingerprint density at radius 1 is 1.33 bits per heavy atom. The second-order valence-corrected chi connectivity index (χ2v) is 6.26. The molecule has 0 bridgehead atoms. The highest BCUT2D eigenvalue weighted by Crippen LogP contribution is 2.32. The Labute approximate surface area is 139 Å². The maximum absolute atomic E-state index is 12.6. The average molecular weight is 329 g/mol. The number of carboxylic acids is 1. The minimum atomic E-state index is -1.31. The van der Waals surface area contributed by atoms with Crippen molar-refractivity contribution in [2.75, 3.05) is 6.54 Å². The van der Waals surface area contributed by atoms with E-state index in [4.69, 9.17) is 0 Å². The molecule has 3 rings (SSSR count). The van der Waals surface area contributed by atoms with Gasteiger partial charge in [0.05, 0.1) is 5.69 Å². The molecule has 3 atom stereocenters. The van der Waals surface area contributed by atoms with Crippen molar-refractivity contribution in [2.24, 2.45) is 10.9 Å². The number of benzene rings is 1. The average Bonchev–Trinajstić information content (AvgIpc) is 2.86. The number of rotatable bonds is 2. The van der Waals surface area contributed by atoms with Gasteiger partial charge in [-0.05, 0) is 25.5 Å². The number of carbonyl (C=O) groups excluding carboxylic acids is 2. The van der Waals surface area contributed by atoms with Crippen molar-refractivity contribution in [1.29, 1.82) is 0 Å². The van der Waals surface area contributed by atoms with Gasteiger partial charge in [-0.2, -0.15) is 0 Å². The van der Waals surface area contributed by atoms with E-state index in [9.17, 15) is 19.5 Å². The fraction of sp³-hybridized carbons (Fsp3) is 0.412. The summed E-state index contributed by atoms with van der Waals surface area (Å²) in [4.78, 5) is 41.9. The van der Waals surface area contributed by atoms with Crippen LogP contribution in [0.4, 0.5) is 5.69 Å². The fourth-order valence-corrected chi connectivity index (χ4v) is 3.44. The smallest absolute Gasteiger partial charge is 0.322 e. The van der Waals surface area contributed by atoms with E-state index in [1.807, 2.05) is 11.8 Å². The molecule has 1 fully saturated rings. The minimum absolute atomic E-state index is 0.0134. The molecule has 1 aromatic carbocycles. The van der Waals surface area contributed by atoms with E-state index in [0.717, 1.165) is 0 Å². The first-order valence-electron chi connectivity index (χ1n) is 7.87. The summed E-state index contributed by atoms with van der Waals surface area (Å²) >= 11 is 0. The van der Waals surface area contributed by atoms with Gasteiger partial charge >= 0.3 is 5.97 Å². The van der Waals surface area contributed by atoms with Crippen LogP contribution in [0.5, 0.6) is 0 Å². The minimum Gasteiger partial charge on any atom is -0.480 e. The van der Waals surface area contributed by atoms with Crippen LogP contribution < -0.4 is 5.32 Å². The van der Waals surface area contributed by atoms with Crippen LogP contribution in [0.25, 0.3) is 0 Å². The lowest BCUT2D eigenvalue weighted by atomic mass is 9.91. The second kappa shape index (κ2) is 6.07. The zero-order valence-corrected chi connectivity index (χ0v) is 13.5. The van der Waals surface area contributed by atoms with Gasteiger partial charge in [0, 0.05) is 31.1 Å². The number of carboxylic acid groups (broad SMARTS) is 1. The van der Waals surface area contributed by atoms with Crippen LogP contribution in [-0.4, -0.2) is 52.1 Å². The molecule has 2 aliphatic rings. The first kappa shape index (κ1) is 16.2. The molecule has 7 nitrogen and oxygen atoms in total. The summed E-state index contributed by atoms with van der Waals surface area (Å²) in [6.45, 7) is 3.83. The first-order valence-corrected chi connectivity index (χ1v) is 7.87. The monoisotopic (exact) mass is 329 g/mol. The number of ketones is 1. The first-order chi connectivity index (χ1) is 11.4. The SMILES string of the molecule is CC(=O)NC1CC(C)N(C2=Nc3ccccc3C(=O)C2C(=O)O)C1. The highest BCUT2D eigenvalue weighted by Gasteiger charge is 2.43. The zero-order chi connectivity index (χ0) is 17.4. The number of nitrogens with one attached hydrogen (secondary N) is 1. The molecule has 1 aromatic rings. The molecule has 2 aliphatic heterocycles. The molecule has 0 aromatic heterocycles. The number of amidine groups is 1. The van der Waals surface area contributed by atoms with Crippen LogP contribution in [0, 0.1) is 5.92 Å². The fourth-order valence-electron chi connectivity index (χ4n) is 3.44. The Hall–Kier alpha value is -2.70. The molecular weight excluding hydrogens is 310 g/mol. The lowest BCUT2D eigenvalue weighted by Crippen LogP contribution is -2.47. The quantitative estimate of drug-likeness (QED) is 0.795. The highest BCUT2D eigenvalue weighted by atomic mass is 16.4. The number of likely N-dealkylation sites (tertiary alicyclic amines) is 1. The zero-order valence-electron chi connectivity index (χ0n) is 13.5. The standard InChI is InChI=1S/C17H19N3O4/c1-9-7-11(18-10(2)21)8-20(9)16-14(17(23)24)15(22)12-5-3-4-6-13(12)19-16/h3-6,9,11,14H,7-8H2,1-2H3,(H,18,21)(H,23,24). The molecule has 126 valence electrons. The Bertz CT molecular complexity index is 743. The summed E-state index contributed by atoms with van der Waals surface area (Å²) in [5.41, 5.74) is 0.823. The molecule has 0 spiro atoms. The van der Waals surface area contributed by atoms with E-state index in [-0.39, 0.29) is 23.8 Å². The summed E-state index contributed by atoms with van der Waals surface area (Å²) in [6.07, 6.45) is 0.681. The molecule has 24 heavy (non-hydrogen) atoms. The number of amides is 1. The molecule has 1 amide bonds. The molecule has 2 heterocycles. The maximum Gasteiger partial charge on any atom is 0.322 e. The lowest BCUT2D eigenvalue weighted by molar-refractivity contribution is -0.138. The van der Waals surface area contributed by atoms with Gasteiger partial charge < -0.3 is 15.3 Å². The van der Waals surface area contributed by atoms with E-state index in [2.05, 4.69) is 10.3 Å². The summed E-state index contributed by atoms with van der Waals surface area (Å²) in [5, 5.41) is 12.4. The van der Waals surface area contributed by atoms with Gasteiger partial charge in [-0.15, -0.1) is 0 Å². The summed E-state index contributed by atoms with van der Waals surface area (Å²) < 4.78 is 0. The largest absolute Gasteiger partial charge is 0.480 e. The number of para-hydroxylation sites is 1. The van der Waals surface area contributed by atoms with Gasteiger partial charge in [0.1, 0.15) is 5.84 Å². The van der Waals surface area contributed by atoms with Gasteiger partial charge in [0.15, 0.2) is 11.7 Å². The lowest BCUT2D eigenvalue weighted by Gasteiger charge is -2.31. The summed E-state index contributed by atoms with van der Waals surface area (Å²) in [5.74, 6) is -2.83. The van der Waals surface area contributed by atoms with Gasteiger partial charge in [0.2, 0.25) is 5.91 Å². The Kier molecular flexibility index (Phi) is 4.09. The van der Waals surface area contributed by atoms with E-state index < -0.39 is 17.7 Å². The third-order valence-corrected chi connectivity index (χ3v) is 4.45. The molecule has 1 saturated heterocycles. The molecule has 7 heteroatoms. The van der Waals surface area contributed by atoms with Gasteiger partial charge in [-0.25, -0.2) is 4.99 Å². The van der Waals surface area contributed by atoms with Crippen LogP contribution in [-0.2, 0) is 9.59 Å². The molecule has 0 radical (unpaired) electrons. The number of aliphatic carboxylic acids is 1. The molecular formula is C17H19N3O4. The molecule has 3 unspecified atom stereocenters. The van der Waals surface area contributed by atoms with E-state index in [1.165, 1.54) is 6.92 Å². The van der Waals surface area contributed by atoms with Crippen LogP contribution in [0.2, 0.25) is 0 Å². The van der Waals surface area contributed by atoms with Crippen molar-refractivity contribution in [3.63, 3.8) is 0 Å². The number of hydrogen-bond acceptors (Lipinski definition) is 5. The van der Waals surface area contributed by atoms with Crippen molar-refractivity contribution in [2.45, 2.75) is 32.4 Å². The third-order valence-electron chi connectivity index (χ3n) is 4.45. The van der Waals surface area contributed by atoms with Crippen molar-refractivity contribution in [3.05, 3.63) is 29.8 Å². The summed E-state index contributed by atoms with van der Waals surface area (Å²) in [6, 6.07) is 6.67. The molecule has 0 aliphatic carbocycles. The van der Waals surface area contributed by atoms with Gasteiger partial charge in [-0.3, -0.25) is 14.4 Å². The van der Waals surface area contributed by atoms with E-state index in [1.54, 1.807) is 24.3 Å². The van der Waals surface area contributed by atoms with Crippen LogP contribution in [0.15, 0.2) is 29.3 Å². The van der Waals surface area contributed by atoms with Gasteiger partial charge in [0.25, 0.3) is 0 Å². The number of aliphatic imine (C=N–C) groups is 1. The van der Waals surface area contributed by atoms with Crippen LogP contribution >= 0.6 is 0 Å². The maximum atomic E-state index is 12.6. The van der Waals surface area contributed by atoms with Crippen molar-refractivity contribution >= 4 is 29.2 Å². The predicted octanol–water partition coefficient (Wildman–Crippen LogP) is 1.21. The molecule has 0 saturated carbocycles. The van der Waals surface area contributed by atoms with Crippen molar-refractivity contribution in [3.8, 4) is 0 Å². The van der Waals surface area contributed by atoms with E-state index >= 15 is 0 Å². The number of Topliss-reactive ketones (excluding diaryl/α,β-unsaturated/α-hetero) is 1. The Morgan fingerprint density at radius 3 is 2.71 bits per heavy atom. The Morgan fingerprint density at radius 2 is 2.04 bits per heavy atom. The topological polar surface area (TPSA) is 99.1 Å². The Balaban J connectivity index is 1.98. The van der Waals surface area contributed by atoms with Crippen LogP contribution in [0.1, 0.15) is 30.6 Å². The number of carbonyl (C=O) groups is 3. The van der Waals surface area contributed by atoms with Crippen molar-refractivity contribution < 1.29 is 19.5 Å². The normalized spacial score (nSPS) is 25.9. The number of hydrogen-bond donors (Lipinski definition) is 2. The number of fused-ring (bicyclic) bond motifs is 1. The van der Waals surface area contributed by atoms with Gasteiger partial charge in [-0.1, -0.05) is 12.1 Å². The van der Waals surface area contributed by atoms with Crippen LogP contribution in [0.3, 0.4) is 0 Å². The predicted molar refractivity (Wildman–Crippen MR) is 87.4 cm³/mol. The summed E-state index contributed by atoms with van der Waals surface area (Å²) in [7, 11) is 0. The molecule has 2 N–H and O–H groups in total. The number of nitrogens with zero attached hydrogens (tertiary/aromatic N) is 2. The highest BCUT2D eigenvalue weighted by molar-refractivity contribution is 6.26. The third kappa shape index (κ3) is 2.77. The van der Waals surface area contributed by atoms with E-state index in [0.29, 0.717) is 24.2 Å².